The Morgan fingerprint density at radius 1 is 1.23 bits per heavy atom. The lowest BCUT2D eigenvalue weighted by Crippen LogP contribution is -2.47. The molecule has 2 N–H and O–H groups in total. The predicted octanol–water partition coefficient (Wildman–Crippen LogP) is 1.80. The van der Waals surface area contributed by atoms with Crippen LogP contribution in [0.3, 0.4) is 0 Å². The Morgan fingerprint density at radius 3 is 2.62 bits per heavy atom. The van der Waals surface area contributed by atoms with Gasteiger partial charge in [-0.1, -0.05) is 19.1 Å². The number of piperidine rings is 1. The largest absolute Gasteiger partial charge is 0.342 e. The summed E-state index contributed by atoms with van der Waals surface area (Å²) in [5, 5.41) is 0. The highest BCUT2D eigenvalue weighted by Crippen LogP contribution is 2.31. The molecule has 142 valence electrons. The second-order valence-corrected chi connectivity index (χ2v) is 8.01. The number of benzene rings is 1. The van der Waals surface area contributed by atoms with E-state index in [1.54, 1.807) is 17.0 Å². The monoisotopic (exact) mass is 361 g/mol. The number of carbonyl (C=O) groups excluding carboxylic acids is 2. The van der Waals surface area contributed by atoms with E-state index in [-0.39, 0.29) is 35.4 Å². The summed E-state index contributed by atoms with van der Waals surface area (Å²) in [5.41, 5.74) is 6.65. The van der Waals surface area contributed by atoms with Gasteiger partial charge in [0.15, 0.2) is 0 Å². The van der Waals surface area contributed by atoms with E-state index in [2.05, 4.69) is 6.92 Å². The van der Waals surface area contributed by atoms with Crippen LogP contribution < -0.4 is 5.73 Å². The van der Waals surface area contributed by atoms with Gasteiger partial charge in [-0.3, -0.25) is 9.59 Å². The molecule has 0 saturated carbocycles. The molecule has 0 radical (unpaired) electrons. The third kappa shape index (κ3) is 4.23. The molecular weight excluding hydrogens is 333 g/mol. The molecule has 26 heavy (non-hydrogen) atoms. The van der Waals surface area contributed by atoms with Crippen LogP contribution >= 0.6 is 0 Å². The lowest BCUT2D eigenvalue weighted by molar-refractivity contribution is -0.140. The molecule has 2 heterocycles. The van der Waals surface area contributed by atoms with Gasteiger partial charge < -0.3 is 15.5 Å². The van der Waals surface area contributed by atoms with Crippen LogP contribution in [0.15, 0.2) is 24.3 Å². The molecule has 2 atom stereocenters. The summed E-state index contributed by atoms with van der Waals surface area (Å²) in [6.45, 7) is 5.34. The van der Waals surface area contributed by atoms with E-state index < -0.39 is 0 Å². The maximum absolute atomic E-state index is 13.0. The van der Waals surface area contributed by atoms with Crippen molar-refractivity contribution in [3.8, 4) is 0 Å². The Balaban J connectivity index is 1.57. The number of halogens is 1. The summed E-state index contributed by atoms with van der Waals surface area (Å²) < 4.78 is 13.0. The zero-order chi connectivity index (χ0) is 18.7. The first-order valence-electron chi connectivity index (χ1n) is 9.41. The fourth-order valence-corrected chi connectivity index (χ4v) is 3.93. The molecule has 2 unspecified atom stereocenters. The topological polar surface area (TPSA) is 66.6 Å². The molecule has 0 bridgehead atoms. The molecule has 0 aliphatic carbocycles. The standard InChI is InChI=1S/C20H28FN3O2/c1-20(13-22)8-10-24(14-20)19(26)16-3-2-9-23(12-16)18(25)11-15-4-6-17(21)7-5-15/h4-7,16H,2-3,8-14,22H2,1H3. The van der Waals surface area contributed by atoms with Crippen molar-refractivity contribution in [3.05, 3.63) is 35.6 Å². The fourth-order valence-electron chi connectivity index (χ4n) is 3.93. The zero-order valence-corrected chi connectivity index (χ0v) is 15.4. The normalized spacial score (nSPS) is 26.2. The number of nitrogens with zero attached hydrogens (tertiary/aromatic N) is 2. The molecule has 1 aromatic rings. The molecular formula is C20H28FN3O2. The van der Waals surface area contributed by atoms with Crippen molar-refractivity contribution in [2.45, 2.75) is 32.6 Å². The van der Waals surface area contributed by atoms with Gasteiger partial charge in [0.1, 0.15) is 5.82 Å². The van der Waals surface area contributed by atoms with Gasteiger partial charge in [-0.25, -0.2) is 4.39 Å². The quantitative estimate of drug-likeness (QED) is 0.889. The van der Waals surface area contributed by atoms with E-state index in [9.17, 15) is 14.0 Å². The summed E-state index contributed by atoms with van der Waals surface area (Å²) in [6, 6.07) is 6.01. The smallest absolute Gasteiger partial charge is 0.227 e. The number of carbonyl (C=O) groups is 2. The summed E-state index contributed by atoms with van der Waals surface area (Å²) >= 11 is 0. The second kappa shape index (κ2) is 7.74. The van der Waals surface area contributed by atoms with Crippen molar-refractivity contribution in [2.24, 2.45) is 17.1 Å². The van der Waals surface area contributed by atoms with Crippen LogP contribution in [0.1, 0.15) is 31.7 Å². The Bertz CT molecular complexity index is 664. The molecule has 5 nitrogen and oxygen atoms in total. The Kier molecular flexibility index (Phi) is 5.61. The van der Waals surface area contributed by atoms with Crippen LogP contribution in [0, 0.1) is 17.2 Å². The van der Waals surface area contributed by atoms with Crippen LogP contribution in [-0.4, -0.2) is 54.3 Å². The Hall–Kier alpha value is -1.95. The highest BCUT2D eigenvalue weighted by molar-refractivity contribution is 5.82. The van der Waals surface area contributed by atoms with E-state index in [0.717, 1.165) is 31.4 Å². The fraction of sp³-hybridized carbons (Fsp3) is 0.600. The number of hydrogen-bond donors (Lipinski definition) is 1. The lowest BCUT2D eigenvalue weighted by Gasteiger charge is -2.34. The predicted molar refractivity (Wildman–Crippen MR) is 97.8 cm³/mol. The first kappa shape index (κ1) is 18.8. The first-order valence-corrected chi connectivity index (χ1v) is 9.41. The second-order valence-electron chi connectivity index (χ2n) is 8.01. The number of nitrogens with two attached hydrogens (primary N) is 1. The third-order valence-corrected chi connectivity index (χ3v) is 5.75. The summed E-state index contributed by atoms with van der Waals surface area (Å²) in [4.78, 5) is 29.2. The van der Waals surface area contributed by atoms with Crippen molar-refractivity contribution in [3.63, 3.8) is 0 Å². The lowest BCUT2D eigenvalue weighted by atomic mass is 9.90. The molecule has 3 rings (SSSR count). The molecule has 2 amide bonds. The maximum atomic E-state index is 13.0. The highest BCUT2D eigenvalue weighted by Gasteiger charge is 2.38. The van der Waals surface area contributed by atoms with Crippen molar-refractivity contribution < 1.29 is 14.0 Å². The van der Waals surface area contributed by atoms with Crippen LogP contribution in [-0.2, 0) is 16.0 Å². The van der Waals surface area contributed by atoms with Gasteiger partial charge >= 0.3 is 0 Å². The molecule has 2 aliphatic rings. The zero-order valence-electron chi connectivity index (χ0n) is 15.4. The molecule has 0 aromatic heterocycles. The SMILES string of the molecule is CC1(CN)CCN(C(=O)C2CCCN(C(=O)Cc3ccc(F)cc3)C2)C1. The highest BCUT2D eigenvalue weighted by atomic mass is 19.1. The van der Waals surface area contributed by atoms with E-state index in [0.29, 0.717) is 26.2 Å². The average Bonchev–Trinajstić information content (AvgIpc) is 3.06. The van der Waals surface area contributed by atoms with Crippen LogP contribution in [0.5, 0.6) is 0 Å². The minimum Gasteiger partial charge on any atom is -0.342 e. The number of hydrogen-bond acceptors (Lipinski definition) is 3. The minimum atomic E-state index is -0.306. The van der Waals surface area contributed by atoms with Gasteiger partial charge in [-0.2, -0.15) is 0 Å². The van der Waals surface area contributed by atoms with Gasteiger partial charge in [0.2, 0.25) is 11.8 Å². The van der Waals surface area contributed by atoms with Gasteiger partial charge in [-0.05, 0) is 48.9 Å². The molecule has 2 fully saturated rings. The first-order chi connectivity index (χ1) is 12.4. The van der Waals surface area contributed by atoms with Crippen molar-refractivity contribution in [1.29, 1.82) is 0 Å². The molecule has 2 aliphatic heterocycles. The number of rotatable bonds is 4. The van der Waals surface area contributed by atoms with Gasteiger partial charge in [0.25, 0.3) is 0 Å². The minimum absolute atomic E-state index is 0.00215. The van der Waals surface area contributed by atoms with E-state index in [1.807, 2.05) is 4.90 Å². The van der Waals surface area contributed by atoms with Crippen LogP contribution in [0.4, 0.5) is 4.39 Å². The summed E-state index contributed by atoms with van der Waals surface area (Å²) in [7, 11) is 0. The van der Waals surface area contributed by atoms with Crippen molar-refractivity contribution >= 4 is 11.8 Å². The van der Waals surface area contributed by atoms with Gasteiger partial charge in [-0.15, -0.1) is 0 Å². The van der Waals surface area contributed by atoms with Crippen LogP contribution in [0.25, 0.3) is 0 Å². The van der Waals surface area contributed by atoms with Crippen molar-refractivity contribution in [2.75, 3.05) is 32.7 Å². The number of likely N-dealkylation sites (tertiary alicyclic amines) is 2. The van der Waals surface area contributed by atoms with E-state index in [4.69, 9.17) is 5.73 Å². The van der Waals surface area contributed by atoms with E-state index in [1.165, 1.54) is 12.1 Å². The van der Waals surface area contributed by atoms with Gasteiger partial charge in [0, 0.05) is 26.2 Å². The molecule has 1 aromatic carbocycles. The van der Waals surface area contributed by atoms with E-state index >= 15 is 0 Å². The van der Waals surface area contributed by atoms with Gasteiger partial charge in [0.05, 0.1) is 12.3 Å². The summed E-state index contributed by atoms with van der Waals surface area (Å²) in [6.07, 6.45) is 2.86. The molecule has 6 heteroatoms. The number of amides is 2. The summed E-state index contributed by atoms with van der Waals surface area (Å²) in [5.74, 6) is -0.273. The maximum Gasteiger partial charge on any atom is 0.227 e. The Morgan fingerprint density at radius 2 is 1.96 bits per heavy atom. The van der Waals surface area contributed by atoms with Crippen LogP contribution in [0.2, 0.25) is 0 Å². The van der Waals surface area contributed by atoms with Crippen molar-refractivity contribution in [1.82, 2.24) is 9.80 Å². The molecule has 2 saturated heterocycles. The average molecular weight is 361 g/mol. The Labute approximate surface area is 154 Å². The molecule has 0 spiro atoms. The third-order valence-electron chi connectivity index (χ3n) is 5.75.